The van der Waals surface area contributed by atoms with E-state index in [1.807, 2.05) is 67.6 Å². The second-order valence-corrected chi connectivity index (χ2v) is 12.7. The van der Waals surface area contributed by atoms with E-state index in [-0.39, 0.29) is 31.0 Å². The molecule has 2 unspecified atom stereocenters. The van der Waals surface area contributed by atoms with Gasteiger partial charge in [0.2, 0.25) is 11.8 Å². The van der Waals surface area contributed by atoms with Gasteiger partial charge in [0.1, 0.15) is 6.04 Å². The second kappa shape index (κ2) is 10.8. The molecule has 3 aliphatic heterocycles. The van der Waals surface area contributed by atoms with Gasteiger partial charge >= 0.3 is 5.97 Å². The van der Waals surface area contributed by atoms with Crippen LogP contribution in [0.2, 0.25) is 0 Å². The lowest BCUT2D eigenvalue weighted by molar-refractivity contribution is -0.155. The van der Waals surface area contributed by atoms with Gasteiger partial charge < -0.3 is 19.6 Å². The van der Waals surface area contributed by atoms with E-state index in [0.29, 0.717) is 25.9 Å². The van der Waals surface area contributed by atoms with E-state index in [4.69, 9.17) is 4.74 Å². The van der Waals surface area contributed by atoms with Crippen molar-refractivity contribution in [2.45, 2.75) is 54.8 Å². The Morgan fingerprint density at radius 3 is 2.46 bits per heavy atom. The van der Waals surface area contributed by atoms with Crippen LogP contribution in [-0.4, -0.2) is 68.0 Å². The van der Waals surface area contributed by atoms with E-state index in [1.54, 1.807) is 34.6 Å². The number of fused-ring (bicyclic) bond motifs is 1. The molecule has 1 N–H and O–H groups in total. The first kappa shape index (κ1) is 27.5. The number of amides is 2. The maximum Gasteiger partial charge on any atom is 0.311 e. The van der Waals surface area contributed by atoms with E-state index in [0.717, 1.165) is 11.1 Å². The molecule has 5 rings (SSSR count). The molecule has 0 aromatic heterocycles. The first-order valence-corrected chi connectivity index (χ1v) is 14.4. The number of benzene rings is 2. The number of hydrogen-bond acceptors (Lipinski definition) is 6. The van der Waals surface area contributed by atoms with Crippen molar-refractivity contribution in [2.24, 2.45) is 11.8 Å². The third kappa shape index (κ3) is 4.47. The van der Waals surface area contributed by atoms with E-state index < -0.39 is 33.4 Å². The molecule has 1 spiro atoms. The average molecular weight is 549 g/mol. The van der Waals surface area contributed by atoms with Crippen LogP contribution in [0.25, 0.3) is 0 Å². The van der Waals surface area contributed by atoms with Crippen molar-refractivity contribution in [2.75, 3.05) is 19.8 Å². The van der Waals surface area contributed by atoms with Gasteiger partial charge in [-0.15, -0.1) is 18.3 Å². The summed E-state index contributed by atoms with van der Waals surface area (Å²) in [6.45, 7) is 8.23. The van der Waals surface area contributed by atoms with Crippen LogP contribution in [0.5, 0.6) is 0 Å². The number of hydrogen-bond donors (Lipinski definition) is 1. The topological polar surface area (TPSA) is 87.2 Å². The van der Waals surface area contributed by atoms with Crippen LogP contribution in [0.4, 0.5) is 0 Å². The number of nitrogens with zero attached hydrogens (tertiary/aromatic N) is 2. The fourth-order valence-electron chi connectivity index (χ4n) is 6.96. The van der Waals surface area contributed by atoms with E-state index >= 15 is 0 Å². The number of likely N-dealkylation sites (tertiary alicyclic amines) is 1. The standard InChI is InChI=1S/C31H36N2O5S/c1-4-18-32(19-21-12-8-6-9-13-21)28(36)26-31-17-16-30(3,39-31)25(29(37)38-5-2)24(31)27(35)33(26)23(20-34)22-14-10-7-11-15-22/h4,6-15,23-26,34H,1,5,16-20H2,2-3H3/t23-,24+,25-,26?,30+,31?/m1/s1. The highest BCUT2D eigenvalue weighted by molar-refractivity contribution is 8.02. The summed E-state index contributed by atoms with van der Waals surface area (Å²) in [5, 5.41) is 10.6. The number of aliphatic hydroxyl groups is 1. The van der Waals surface area contributed by atoms with Gasteiger partial charge in [-0.2, -0.15) is 0 Å². The predicted octanol–water partition coefficient (Wildman–Crippen LogP) is 3.98. The highest BCUT2D eigenvalue weighted by atomic mass is 32.2. The molecule has 7 nitrogen and oxygen atoms in total. The molecular weight excluding hydrogens is 512 g/mol. The summed E-state index contributed by atoms with van der Waals surface area (Å²) in [5.74, 6) is -2.18. The Kier molecular flexibility index (Phi) is 7.62. The second-order valence-electron chi connectivity index (χ2n) is 10.8. The van der Waals surface area contributed by atoms with Gasteiger partial charge in [0.25, 0.3) is 0 Å². The summed E-state index contributed by atoms with van der Waals surface area (Å²) in [4.78, 5) is 45.8. The summed E-state index contributed by atoms with van der Waals surface area (Å²) in [6, 6.07) is 17.5. The molecule has 0 radical (unpaired) electrons. The maximum atomic E-state index is 14.7. The summed E-state index contributed by atoms with van der Waals surface area (Å²) < 4.78 is 4.19. The average Bonchev–Trinajstić information content (AvgIpc) is 3.51. The van der Waals surface area contributed by atoms with Crippen molar-refractivity contribution >= 4 is 29.5 Å². The number of rotatable bonds is 10. The molecule has 2 aromatic rings. The van der Waals surface area contributed by atoms with Crippen LogP contribution in [0, 0.1) is 11.8 Å². The summed E-state index contributed by atoms with van der Waals surface area (Å²) in [6.07, 6.45) is 3.03. The Labute approximate surface area is 234 Å². The number of carbonyl (C=O) groups is 3. The summed E-state index contributed by atoms with van der Waals surface area (Å²) in [7, 11) is 0. The van der Waals surface area contributed by atoms with Gasteiger partial charge in [-0.25, -0.2) is 0 Å². The molecule has 2 aromatic carbocycles. The van der Waals surface area contributed by atoms with E-state index in [2.05, 4.69) is 6.58 Å². The molecule has 3 saturated heterocycles. The van der Waals surface area contributed by atoms with Crippen LogP contribution >= 0.6 is 11.8 Å². The highest BCUT2D eigenvalue weighted by Crippen LogP contribution is 2.72. The SMILES string of the molecule is C=CCN(Cc1ccccc1)C(=O)C1N([C@H](CO)c2ccccc2)C(=O)[C@@H]2[C@H](C(=O)OCC)[C@]3(C)CCC12S3. The number of esters is 1. The third-order valence-electron chi connectivity index (χ3n) is 8.56. The van der Waals surface area contributed by atoms with E-state index in [1.165, 1.54) is 0 Å². The monoisotopic (exact) mass is 548 g/mol. The fourth-order valence-corrected chi connectivity index (χ4v) is 9.29. The van der Waals surface area contributed by atoms with Gasteiger partial charge in [-0.3, -0.25) is 14.4 Å². The Morgan fingerprint density at radius 1 is 1.18 bits per heavy atom. The smallest absolute Gasteiger partial charge is 0.311 e. The lowest BCUT2D eigenvalue weighted by atomic mass is 9.66. The summed E-state index contributed by atoms with van der Waals surface area (Å²) in [5.41, 5.74) is 1.72. The minimum absolute atomic E-state index is 0.190. The van der Waals surface area contributed by atoms with Crippen LogP contribution < -0.4 is 0 Å². The lowest BCUT2D eigenvalue weighted by Crippen LogP contribution is -2.55. The Morgan fingerprint density at radius 2 is 1.85 bits per heavy atom. The molecule has 2 amide bonds. The predicted molar refractivity (Wildman–Crippen MR) is 151 cm³/mol. The lowest BCUT2D eigenvalue weighted by Gasteiger charge is -2.39. The van der Waals surface area contributed by atoms with Crippen LogP contribution in [0.15, 0.2) is 73.3 Å². The molecule has 6 atom stereocenters. The summed E-state index contributed by atoms with van der Waals surface area (Å²) >= 11 is 1.60. The fraction of sp³-hybridized carbons (Fsp3) is 0.452. The minimum atomic E-state index is -0.845. The number of carbonyl (C=O) groups excluding carboxylic acids is 3. The van der Waals surface area contributed by atoms with Crippen molar-refractivity contribution in [1.29, 1.82) is 0 Å². The molecule has 39 heavy (non-hydrogen) atoms. The van der Waals surface area contributed by atoms with Gasteiger partial charge in [0.05, 0.1) is 35.8 Å². The molecule has 2 bridgehead atoms. The zero-order valence-electron chi connectivity index (χ0n) is 22.5. The van der Waals surface area contributed by atoms with Gasteiger partial charge in [-0.1, -0.05) is 66.7 Å². The van der Waals surface area contributed by atoms with Crippen LogP contribution in [0.3, 0.4) is 0 Å². The van der Waals surface area contributed by atoms with Crippen molar-refractivity contribution in [3.63, 3.8) is 0 Å². The van der Waals surface area contributed by atoms with Gasteiger partial charge in [0.15, 0.2) is 0 Å². The molecule has 0 aliphatic carbocycles. The number of thioether (sulfide) groups is 1. The van der Waals surface area contributed by atoms with Gasteiger partial charge in [-0.05, 0) is 37.8 Å². The van der Waals surface area contributed by atoms with E-state index in [9.17, 15) is 19.5 Å². The third-order valence-corrected chi connectivity index (χ3v) is 10.5. The highest BCUT2D eigenvalue weighted by Gasteiger charge is 2.78. The quantitative estimate of drug-likeness (QED) is 0.357. The number of ether oxygens (including phenoxy) is 1. The molecule has 206 valence electrons. The van der Waals surface area contributed by atoms with Crippen molar-refractivity contribution in [3.05, 3.63) is 84.4 Å². The minimum Gasteiger partial charge on any atom is -0.466 e. The first-order valence-electron chi connectivity index (χ1n) is 13.6. The zero-order valence-corrected chi connectivity index (χ0v) is 23.3. The maximum absolute atomic E-state index is 14.7. The first-order chi connectivity index (χ1) is 18.8. The normalized spacial score (nSPS) is 29.7. The Bertz CT molecular complexity index is 1240. The molecule has 3 heterocycles. The largest absolute Gasteiger partial charge is 0.466 e. The molecule has 0 saturated carbocycles. The molecular formula is C31H36N2O5S. The van der Waals surface area contributed by atoms with Crippen LogP contribution in [0.1, 0.15) is 43.9 Å². The molecule has 8 heteroatoms. The number of aliphatic hydroxyl groups excluding tert-OH is 1. The zero-order chi connectivity index (χ0) is 27.8. The van der Waals surface area contributed by atoms with Crippen molar-refractivity contribution in [1.82, 2.24) is 9.80 Å². The molecule has 3 aliphatic rings. The Hall–Kier alpha value is -3.10. The van der Waals surface area contributed by atoms with Gasteiger partial charge in [0, 0.05) is 17.8 Å². The molecule has 3 fully saturated rings. The van der Waals surface area contributed by atoms with Crippen molar-refractivity contribution in [3.8, 4) is 0 Å². The van der Waals surface area contributed by atoms with Crippen molar-refractivity contribution < 1.29 is 24.2 Å². The van der Waals surface area contributed by atoms with Crippen LogP contribution in [-0.2, 0) is 25.7 Å². The Balaban J connectivity index is 1.62.